The summed E-state index contributed by atoms with van der Waals surface area (Å²) in [6.07, 6.45) is 0.695. The predicted molar refractivity (Wildman–Crippen MR) is 144 cm³/mol. The molecular formula is C24H23N7O6S2. The normalized spacial score (nSPS) is 22.3. The van der Waals surface area contributed by atoms with Crippen LogP contribution in [0.15, 0.2) is 57.2 Å². The highest BCUT2D eigenvalue weighted by Gasteiger charge is 2.55. The molecular weight excluding hydrogens is 546 g/mol. The molecule has 0 spiro atoms. The summed E-state index contributed by atoms with van der Waals surface area (Å²) in [7, 11) is 0. The van der Waals surface area contributed by atoms with E-state index in [1.807, 2.05) is 0 Å². The number of thiazole rings is 1. The van der Waals surface area contributed by atoms with Crippen molar-refractivity contribution in [2.24, 2.45) is 5.16 Å². The second-order valence-electron chi connectivity index (χ2n) is 8.89. The van der Waals surface area contributed by atoms with E-state index >= 15 is 0 Å². The van der Waals surface area contributed by atoms with E-state index in [9.17, 15) is 29.5 Å². The molecule has 1 aromatic carbocycles. The number of hydrogen-bond donors (Lipinski definition) is 6. The Hall–Kier alpha value is -4.37. The number of aliphatic carboxylic acids is 1. The molecule has 0 radical (unpaired) electrons. The van der Waals surface area contributed by atoms with Gasteiger partial charge in [-0.3, -0.25) is 19.3 Å². The zero-order valence-corrected chi connectivity index (χ0v) is 21.8. The quantitative estimate of drug-likeness (QED) is 0.0669. The number of carboxylic acids is 1. The number of hydrogen-bond acceptors (Lipinski definition) is 11. The van der Waals surface area contributed by atoms with Crippen molar-refractivity contribution >= 4 is 63.3 Å². The standard InChI is InChI=1S/C24H23N7O6S2/c25-11-3-1-10(2-4-11)7-13(12-5-6-27-19(12)32)14-8-38-22-17(21(34)31(22)18(14)23(35)36)29-20(33)16(30-37)15-9-39-24(26)28-15/h1-4,9,17,22,37H,5-8,25H2,(H2,26,28)(H,27,32)(H,29,33)(H,35,36)/t17-,22-/m1/s1. The van der Waals surface area contributed by atoms with Gasteiger partial charge in [0.1, 0.15) is 22.8 Å². The molecule has 202 valence electrons. The molecule has 0 saturated carbocycles. The van der Waals surface area contributed by atoms with Crippen LogP contribution in [0.3, 0.4) is 0 Å². The van der Waals surface area contributed by atoms with Crippen molar-refractivity contribution in [1.82, 2.24) is 20.5 Å². The molecule has 4 heterocycles. The van der Waals surface area contributed by atoms with E-state index in [0.29, 0.717) is 35.4 Å². The fourth-order valence-corrected chi connectivity index (χ4v) is 6.64. The maximum absolute atomic E-state index is 13.2. The van der Waals surface area contributed by atoms with E-state index in [-0.39, 0.29) is 34.6 Å². The van der Waals surface area contributed by atoms with Gasteiger partial charge in [0, 0.05) is 28.9 Å². The summed E-state index contributed by atoms with van der Waals surface area (Å²) in [5.74, 6) is -2.91. The van der Waals surface area contributed by atoms with Gasteiger partial charge in [-0.1, -0.05) is 17.3 Å². The first-order valence-electron chi connectivity index (χ1n) is 11.7. The third-order valence-corrected chi connectivity index (χ3v) is 8.51. The fraction of sp³-hybridized carbons (Fsp3) is 0.250. The molecule has 0 bridgehead atoms. The van der Waals surface area contributed by atoms with E-state index in [1.54, 1.807) is 24.3 Å². The molecule has 5 rings (SSSR count). The average Bonchev–Trinajstić information content (AvgIpc) is 3.54. The summed E-state index contributed by atoms with van der Waals surface area (Å²) < 4.78 is 0. The second-order valence-corrected chi connectivity index (χ2v) is 10.9. The number of nitrogens with zero attached hydrogens (tertiary/aromatic N) is 3. The lowest BCUT2D eigenvalue weighted by Crippen LogP contribution is -2.71. The van der Waals surface area contributed by atoms with Crippen LogP contribution in [0.4, 0.5) is 10.8 Å². The lowest BCUT2D eigenvalue weighted by molar-refractivity contribution is -0.150. The molecule has 3 aliphatic rings. The number of nitrogens with two attached hydrogens (primary N) is 2. The number of rotatable bonds is 7. The maximum atomic E-state index is 13.2. The maximum Gasteiger partial charge on any atom is 0.352 e. The Morgan fingerprint density at radius 2 is 1.97 bits per heavy atom. The van der Waals surface area contributed by atoms with Crippen LogP contribution >= 0.6 is 23.1 Å². The number of anilines is 2. The van der Waals surface area contributed by atoms with E-state index in [2.05, 4.69) is 20.8 Å². The summed E-state index contributed by atoms with van der Waals surface area (Å²) in [4.78, 5) is 56.2. The first kappa shape index (κ1) is 26.2. The number of carbonyl (C=O) groups is 4. The molecule has 3 aliphatic heterocycles. The molecule has 2 fully saturated rings. The van der Waals surface area contributed by atoms with Crippen molar-refractivity contribution in [3.63, 3.8) is 0 Å². The fourth-order valence-electron chi connectivity index (χ4n) is 4.71. The van der Waals surface area contributed by atoms with Crippen LogP contribution < -0.4 is 22.1 Å². The first-order valence-corrected chi connectivity index (χ1v) is 13.6. The number of allylic oxidation sites excluding steroid dienone is 1. The Labute approximate surface area is 229 Å². The number of oxime groups is 1. The van der Waals surface area contributed by atoms with Crippen molar-refractivity contribution in [3.05, 3.63) is 63.3 Å². The number of nitrogens with one attached hydrogen (secondary N) is 2. The largest absolute Gasteiger partial charge is 0.477 e. The first-order chi connectivity index (χ1) is 18.7. The Morgan fingerprint density at radius 1 is 1.23 bits per heavy atom. The van der Waals surface area contributed by atoms with Gasteiger partial charge in [0.15, 0.2) is 10.8 Å². The highest BCUT2D eigenvalue weighted by atomic mass is 32.2. The number of amides is 3. The molecule has 13 nitrogen and oxygen atoms in total. The van der Waals surface area contributed by atoms with Crippen LogP contribution in [-0.4, -0.2) is 73.3 Å². The van der Waals surface area contributed by atoms with Gasteiger partial charge in [-0.05, 0) is 41.7 Å². The van der Waals surface area contributed by atoms with Crippen molar-refractivity contribution in [3.8, 4) is 0 Å². The van der Waals surface area contributed by atoms with E-state index in [1.165, 1.54) is 17.1 Å². The Bertz CT molecular complexity index is 1480. The summed E-state index contributed by atoms with van der Waals surface area (Å²) in [5, 5.41) is 28.7. The number of carbonyl (C=O) groups excluding carboxylic acids is 3. The minimum atomic E-state index is -1.32. The molecule has 0 aliphatic carbocycles. The van der Waals surface area contributed by atoms with Gasteiger partial charge in [0.2, 0.25) is 5.91 Å². The van der Waals surface area contributed by atoms with Crippen LogP contribution in [-0.2, 0) is 25.6 Å². The summed E-state index contributed by atoms with van der Waals surface area (Å²) in [6, 6.07) is 5.99. The number of fused-ring (bicyclic) bond motifs is 1. The van der Waals surface area contributed by atoms with Gasteiger partial charge >= 0.3 is 5.97 Å². The number of carboxylic acid groups (broad SMARTS) is 1. The molecule has 15 heteroatoms. The van der Waals surface area contributed by atoms with Crippen molar-refractivity contribution in [1.29, 1.82) is 0 Å². The third-order valence-electron chi connectivity index (χ3n) is 6.56. The van der Waals surface area contributed by atoms with Gasteiger partial charge in [-0.2, -0.15) is 0 Å². The summed E-state index contributed by atoms with van der Waals surface area (Å²) in [6.45, 7) is 0.432. The van der Waals surface area contributed by atoms with E-state index in [4.69, 9.17) is 11.5 Å². The highest BCUT2D eigenvalue weighted by molar-refractivity contribution is 8.00. The van der Waals surface area contributed by atoms with Gasteiger partial charge in [-0.25, -0.2) is 9.78 Å². The van der Waals surface area contributed by atoms with Crippen LogP contribution in [0.1, 0.15) is 17.7 Å². The van der Waals surface area contributed by atoms with Crippen molar-refractivity contribution < 1.29 is 29.5 Å². The minimum absolute atomic E-state index is 0.0413. The summed E-state index contributed by atoms with van der Waals surface area (Å²) in [5.41, 5.74) is 13.6. The third kappa shape index (κ3) is 4.81. The van der Waals surface area contributed by atoms with Crippen LogP contribution in [0.5, 0.6) is 0 Å². The number of nitrogen functional groups attached to an aromatic ring is 2. The molecule has 2 aromatic rings. The van der Waals surface area contributed by atoms with Crippen LogP contribution in [0.2, 0.25) is 0 Å². The van der Waals surface area contributed by atoms with Crippen LogP contribution in [0.25, 0.3) is 0 Å². The van der Waals surface area contributed by atoms with Crippen molar-refractivity contribution in [2.75, 3.05) is 23.8 Å². The molecule has 2 atom stereocenters. The van der Waals surface area contributed by atoms with E-state index < -0.39 is 34.9 Å². The minimum Gasteiger partial charge on any atom is -0.477 e. The Balaban J connectivity index is 1.45. The molecule has 1 aromatic heterocycles. The number of thioether (sulfide) groups is 1. The van der Waals surface area contributed by atoms with Crippen LogP contribution in [0, 0.1) is 0 Å². The smallest absolute Gasteiger partial charge is 0.352 e. The highest BCUT2D eigenvalue weighted by Crippen LogP contribution is 2.43. The number of β-lactam (4-membered cyclic amide) rings is 1. The molecule has 0 unspecified atom stereocenters. The summed E-state index contributed by atoms with van der Waals surface area (Å²) >= 11 is 2.31. The molecule has 39 heavy (non-hydrogen) atoms. The van der Waals surface area contributed by atoms with Gasteiger partial charge < -0.3 is 32.4 Å². The lowest BCUT2D eigenvalue weighted by atomic mass is 9.90. The van der Waals surface area contributed by atoms with Gasteiger partial charge in [0.25, 0.3) is 11.8 Å². The zero-order valence-electron chi connectivity index (χ0n) is 20.2. The number of benzene rings is 1. The van der Waals surface area contributed by atoms with Gasteiger partial charge in [-0.15, -0.1) is 23.1 Å². The zero-order chi connectivity index (χ0) is 27.8. The number of aromatic nitrogens is 1. The lowest BCUT2D eigenvalue weighted by Gasteiger charge is -2.49. The van der Waals surface area contributed by atoms with Gasteiger partial charge in [0.05, 0.1) is 0 Å². The van der Waals surface area contributed by atoms with E-state index in [0.717, 1.165) is 21.8 Å². The molecule has 3 amide bonds. The topological polar surface area (TPSA) is 213 Å². The predicted octanol–water partition coefficient (Wildman–Crippen LogP) is 0.284. The molecule has 2 saturated heterocycles. The monoisotopic (exact) mass is 569 g/mol. The Morgan fingerprint density at radius 3 is 2.56 bits per heavy atom. The average molecular weight is 570 g/mol. The SMILES string of the molecule is Nc1ccc(CC(=C2CCNC2=O)C2=C(C(=O)O)N3C(=O)[C@@H](NC(=O)C(=NO)c4csc(N)n4)[C@H]3SC2)cc1. The second kappa shape index (κ2) is 10.4. The Kier molecular flexibility index (Phi) is 7.01. The van der Waals surface area contributed by atoms with Crippen molar-refractivity contribution in [2.45, 2.75) is 24.3 Å². The molecule has 8 N–H and O–H groups in total.